The van der Waals surface area contributed by atoms with Gasteiger partial charge >= 0.3 is 0 Å². The van der Waals surface area contributed by atoms with Crippen LogP contribution in [0.3, 0.4) is 0 Å². The molecule has 128 valence electrons. The van der Waals surface area contributed by atoms with E-state index in [2.05, 4.69) is 27.7 Å². The number of hydrogen-bond donors (Lipinski definition) is 0. The topological polar surface area (TPSA) is 23.1 Å². The molecule has 0 unspecified atom stereocenters. The van der Waals surface area contributed by atoms with Gasteiger partial charge in [0.2, 0.25) is 0 Å². The molecule has 0 rings (SSSR count). The van der Waals surface area contributed by atoms with Gasteiger partial charge in [-0.1, -0.05) is 65.2 Å². The second-order valence-corrected chi connectivity index (χ2v) is 7.03. The van der Waals surface area contributed by atoms with Crippen molar-refractivity contribution in [2.24, 2.45) is 0 Å². The molecule has 2 nitrogen and oxygen atoms in total. The van der Waals surface area contributed by atoms with Crippen molar-refractivity contribution in [3.05, 3.63) is 5.21 Å². The quantitative estimate of drug-likeness (QED) is 0.194. The summed E-state index contributed by atoms with van der Waals surface area (Å²) in [5.74, 6) is 0. The van der Waals surface area contributed by atoms with Crippen molar-refractivity contribution < 1.29 is 4.65 Å². The molecular formula is C19H41NO. The van der Waals surface area contributed by atoms with Crippen molar-refractivity contribution in [3.63, 3.8) is 0 Å². The minimum Gasteiger partial charge on any atom is -0.633 e. The summed E-state index contributed by atoms with van der Waals surface area (Å²) in [4.78, 5) is 0. The maximum absolute atomic E-state index is 12.9. The van der Waals surface area contributed by atoms with Crippen LogP contribution >= 0.6 is 0 Å². The van der Waals surface area contributed by atoms with Gasteiger partial charge in [-0.25, -0.2) is 0 Å². The summed E-state index contributed by atoms with van der Waals surface area (Å²) in [6.07, 6.45) is 15.3. The Bertz CT molecular complexity index is 200. The van der Waals surface area contributed by atoms with Crippen LogP contribution < -0.4 is 0 Å². The molecule has 0 N–H and O–H groups in total. The van der Waals surface area contributed by atoms with Gasteiger partial charge < -0.3 is 9.85 Å². The van der Waals surface area contributed by atoms with Gasteiger partial charge in [0.05, 0.1) is 19.1 Å². The first-order valence-electron chi connectivity index (χ1n) is 9.64. The van der Waals surface area contributed by atoms with Crippen LogP contribution in [0.25, 0.3) is 0 Å². The van der Waals surface area contributed by atoms with Gasteiger partial charge in [0.1, 0.15) is 0 Å². The van der Waals surface area contributed by atoms with Crippen LogP contribution in [0.2, 0.25) is 0 Å². The first-order chi connectivity index (χ1) is 10.1. The molecular weight excluding hydrogens is 258 g/mol. The summed E-state index contributed by atoms with van der Waals surface area (Å²) in [7, 11) is 0. The lowest BCUT2D eigenvalue weighted by Gasteiger charge is -2.47. The largest absolute Gasteiger partial charge is 0.633 e. The van der Waals surface area contributed by atoms with Gasteiger partial charge in [-0.05, 0) is 39.5 Å². The molecule has 0 aliphatic carbocycles. The summed E-state index contributed by atoms with van der Waals surface area (Å²) in [5.41, 5.74) is 0. The molecule has 0 bridgehead atoms. The SMILES string of the molecule is CCCCCCCC[N+]([O-])(CCCCCCCC)C(C)C. The summed E-state index contributed by atoms with van der Waals surface area (Å²) < 4.78 is 0.0432. The Balaban J connectivity index is 3.79. The molecule has 0 aliphatic rings. The molecule has 0 aromatic heterocycles. The van der Waals surface area contributed by atoms with Crippen LogP contribution in [0.1, 0.15) is 105 Å². The summed E-state index contributed by atoms with van der Waals surface area (Å²) in [6, 6.07) is 0.219. The van der Waals surface area contributed by atoms with Gasteiger partial charge in [0, 0.05) is 0 Å². The maximum Gasteiger partial charge on any atom is 0.0830 e. The van der Waals surface area contributed by atoms with Gasteiger partial charge in [-0.3, -0.25) is 0 Å². The van der Waals surface area contributed by atoms with Crippen molar-refractivity contribution in [3.8, 4) is 0 Å². The van der Waals surface area contributed by atoms with Crippen molar-refractivity contribution >= 4 is 0 Å². The van der Waals surface area contributed by atoms with Gasteiger partial charge in [0.15, 0.2) is 0 Å². The standard InChI is InChI=1S/C19H41NO/c1-5-7-9-11-13-15-17-20(21,19(3)4)18-16-14-12-10-8-6-2/h19H,5-18H2,1-4H3. The van der Waals surface area contributed by atoms with E-state index in [1.165, 1.54) is 64.2 Å². The van der Waals surface area contributed by atoms with Crippen LogP contribution in [0.4, 0.5) is 0 Å². The number of unbranched alkanes of at least 4 members (excludes halogenated alkanes) is 10. The zero-order valence-electron chi connectivity index (χ0n) is 15.3. The van der Waals surface area contributed by atoms with Crippen LogP contribution in [-0.4, -0.2) is 23.8 Å². The molecule has 0 saturated carbocycles. The third-order valence-corrected chi connectivity index (χ3v) is 4.72. The Hall–Kier alpha value is -0.0800. The Labute approximate surface area is 134 Å². The van der Waals surface area contributed by atoms with Gasteiger partial charge in [0.25, 0.3) is 0 Å². The smallest absolute Gasteiger partial charge is 0.0830 e. The highest BCUT2D eigenvalue weighted by atomic mass is 16.5. The lowest BCUT2D eigenvalue weighted by Crippen LogP contribution is -2.49. The highest BCUT2D eigenvalue weighted by Crippen LogP contribution is 2.18. The third-order valence-electron chi connectivity index (χ3n) is 4.72. The predicted octanol–water partition coefficient (Wildman–Crippen LogP) is 6.43. The van der Waals surface area contributed by atoms with E-state index in [1.807, 2.05) is 0 Å². The molecule has 0 heterocycles. The number of hydroxylamine groups is 3. The summed E-state index contributed by atoms with van der Waals surface area (Å²) in [6.45, 7) is 10.4. The van der Waals surface area contributed by atoms with Crippen LogP contribution in [0, 0.1) is 5.21 Å². The van der Waals surface area contributed by atoms with E-state index >= 15 is 0 Å². The fourth-order valence-corrected chi connectivity index (χ4v) is 2.95. The molecule has 21 heavy (non-hydrogen) atoms. The lowest BCUT2D eigenvalue weighted by molar-refractivity contribution is -0.902. The number of hydrogen-bond acceptors (Lipinski definition) is 1. The molecule has 0 radical (unpaired) electrons. The third kappa shape index (κ3) is 11.2. The molecule has 0 saturated heterocycles. The Morgan fingerprint density at radius 1 is 0.619 bits per heavy atom. The maximum atomic E-state index is 12.9. The van der Waals surface area contributed by atoms with Crippen molar-refractivity contribution in [1.29, 1.82) is 0 Å². The Morgan fingerprint density at radius 2 is 0.952 bits per heavy atom. The Kier molecular flexibility index (Phi) is 13.5. The summed E-state index contributed by atoms with van der Waals surface area (Å²) >= 11 is 0. The van der Waals surface area contributed by atoms with Crippen molar-refractivity contribution in [2.45, 2.75) is 111 Å². The minimum absolute atomic E-state index is 0.0432. The minimum atomic E-state index is 0.0432. The molecule has 0 spiro atoms. The second-order valence-electron chi connectivity index (χ2n) is 7.03. The normalized spacial score (nSPS) is 12.3. The average Bonchev–Trinajstić information content (AvgIpc) is 2.46. The van der Waals surface area contributed by atoms with Crippen LogP contribution in [0.5, 0.6) is 0 Å². The lowest BCUT2D eigenvalue weighted by atomic mass is 10.1. The monoisotopic (exact) mass is 299 g/mol. The van der Waals surface area contributed by atoms with E-state index in [9.17, 15) is 5.21 Å². The molecule has 0 aliphatic heterocycles. The second kappa shape index (κ2) is 13.6. The Morgan fingerprint density at radius 3 is 1.29 bits per heavy atom. The van der Waals surface area contributed by atoms with Crippen molar-refractivity contribution in [1.82, 2.24) is 0 Å². The fraction of sp³-hybridized carbons (Fsp3) is 1.00. The predicted molar refractivity (Wildman–Crippen MR) is 95.2 cm³/mol. The molecule has 0 aromatic rings. The zero-order valence-corrected chi connectivity index (χ0v) is 15.3. The van der Waals surface area contributed by atoms with Crippen LogP contribution in [-0.2, 0) is 0 Å². The zero-order chi connectivity index (χ0) is 16.0. The van der Waals surface area contributed by atoms with E-state index in [1.54, 1.807) is 0 Å². The molecule has 0 fully saturated rings. The van der Waals surface area contributed by atoms with E-state index in [-0.39, 0.29) is 10.7 Å². The molecule has 0 amide bonds. The van der Waals surface area contributed by atoms with E-state index in [0.717, 1.165) is 25.9 Å². The summed E-state index contributed by atoms with van der Waals surface area (Å²) in [5, 5.41) is 12.9. The first kappa shape index (κ1) is 20.9. The van der Waals surface area contributed by atoms with E-state index in [0.29, 0.717) is 0 Å². The number of rotatable bonds is 15. The fourth-order valence-electron chi connectivity index (χ4n) is 2.95. The number of quaternary nitrogens is 1. The average molecular weight is 300 g/mol. The van der Waals surface area contributed by atoms with Crippen LogP contribution in [0.15, 0.2) is 0 Å². The molecule has 0 aromatic carbocycles. The molecule has 2 heteroatoms. The highest BCUT2D eigenvalue weighted by molar-refractivity contribution is 4.54. The van der Waals surface area contributed by atoms with Gasteiger partial charge in [-0.15, -0.1) is 0 Å². The number of nitrogens with zero attached hydrogens (tertiary/aromatic N) is 1. The van der Waals surface area contributed by atoms with Crippen molar-refractivity contribution in [2.75, 3.05) is 13.1 Å². The highest BCUT2D eigenvalue weighted by Gasteiger charge is 2.20. The molecule has 0 atom stereocenters. The first-order valence-corrected chi connectivity index (χ1v) is 9.64. The van der Waals surface area contributed by atoms with E-state index in [4.69, 9.17) is 0 Å². The van der Waals surface area contributed by atoms with E-state index < -0.39 is 0 Å². The van der Waals surface area contributed by atoms with Gasteiger partial charge in [-0.2, -0.15) is 0 Å².